The number of nitrogens with one attached hydrogen (secondary N) is 2. The molecule has 1 aromatic carbocycles. The Hall–Kier alpha value is -2.81. The summed E-state index contributed by atoms with van der Waals surface area (Å²) in [5.74, 6) is 0.0626. The summed E-state index contributed by atoms with van der Waals surface area (Å²) in [5.41, 5.74) is 0.860. The van der Waals surface area contributed by atoms with Crippen molar-refractivity contribution in [2.24, 2.45) is 5.92 Å². The summed E-state index contributed by atoms with van der Waals surface area (Å²) in [4.78, 5) is 26.6. The first-order chi connectivity index (χ1) is 12.5. The summed E-state index contributed by atoms with van der Waals surface area (Å²) in [5, 5.41) is 20.2. The smallest absolute Gasteiger partial charge is 0.231 e. The number of H-pyrrole nitrogens is 1. The summed E-state index contributed by atoms with van der Waals surface area (Å²) in [7, 11) is 0. The minimum absolute atomic E-state index is 0.109. The van der Waals surface area contributed by atoms with Gasteiger partial charge >= 0.3 is 0 Å². The zero-order valence-electron chi connectivity index (χ0n) is 14.4. The number of amides is 2. The van der Waals surface area contributed by atoms with Crippen molar-refractivity contribution in [1.82, 2.24) is 20.4 Å². The van der Waals surface area contributed by atoms with E-state index in [0.717, 1.165) is 15.9 Å². The van der Waals surface area contributed by atoms with Crippen molar-refractivity contribution in [3.05, 3.63) is 29.3 Å². The fourth-order valence-corrected chi connectivity index (χ4v) is 3.72. The van der Waals surface area contributed by atoms with Crippen molar-refractivity contribution in [3.8, 4) is 0 Å². The predicted octanol–water partition coefficient (Wildman–Crippen LogP) is 2.53. The number of aromatic nitrogens is 4. The molecule has 2 N–H and O–H groups in total. The van der Waals surface area contributed by atoms with E-state index in [0.29, 0.717) is 17.5 Å². The Morgan fingerprint density at radius 2 is 2.15 bits per heavy atom. The Kier molecular flexibility index (Phi) is 4.15. The van der Waals surface area contributed by atoms with E-state index in [9.17, 15) is 9.59 Å². The second-order valence-electron chi connectivity index (χ2n) is 6.59. The molecule has 26 heavy (non-hydrogen) atoms. The molecule has 0 spiro atoms. The summed E-state index contributed by atoms with van der Waals surface area (Å²) >= 11 is 1.36. The van der Waals surface area contributed by atoms with Crippen LogP contribution in [0.3, 0.4) is 0 Å². The molecule has 1 fully saturated rings. The highest BCUT2D eigenvalue weighted by atomic mass is 32.1. The van der Waals surface area contributed by atoms with Gasteiger partial charge in [0.2, 0.25) is 16.9 Å². The molecular formula is C17H18N6O2S. The maximum atomic E-state index is 12.5. The number of hydrogen-bond donors (Lipinski definition) is 2. The highest BCUT2D eigenvalue weighted by molar-refractivity contribution is 7.15. The summed E-state index contributed by atoms with van der Waals surface area (Å²) in [6, 6.07) is 7.61. The molecule has 8 nitrogen and oxygen atoms in total. The lowest BCUT2D eigenvalue weighted by Crippen LogP contribution is -2.28. The number of anilines is 2. The number of carbonyl (C=O) groups excluding carboxylic acids is 2. The third kappa shape index (κ3) is 2.94. The SMILES string of the molecule is CC(C)c1nnc(NC(=O)[C@H]2CC(=O)N(c3n[nH]c4ccccc34)C2)s1. The highest BCUT2D eigenvalue weighted by Crippen LogP contribution is 2.30. The van der Waals surface area contributed by atoms with Crippen LogP contribution in [0.15, 0.2) is 24.3 Å². The molecule has 3 heterocycles. The number of carbonyl (C=O) groups is 2. The van der Waals surface area contributed by atoms with Crippen LogP contribution in [0.4, 0.5) is 10.9 Å². The molecule has 0 unspecified atom stereocenters. The van der Waals surface area contributed by atoms with Crippen molar-refractivity contribution < 1.29 is 9.59 Å². The van der Waals surface area contributed by atoms with E-state index in [-0.39, 0.29) is 24.2 Å². The van der Waals surface area contributed by atoms with Gasteiger partial charge < -0.3 is 5.32 Å². The molecule has 0 radical (unpaired) electrons. The minimum Gasteiger partial charge on any atom is -0.300 e. The van der Waals surface area contributed by atoms with Crippen molar-refractivity contribution in [1.29, 1.82) is 0 Å². The first-order valence-electron chi connectivity index (χ1n) is 8.40. The molecule has 134 valence electrons. The van der Waals surface area contributed by atoms with E-state index in [2.05, 4.69) is 25.7 Å². The highest BCUT2D eigenvalue weighted by Gasteiger charge is 2.37. The number of nitrogens with zero attached hydrogens (tertiary/aromatic N) is 4. The Labute approximate surface area is 153 Å². The number of benzene rings is 1. The molecule has 3 aromatic rings. The Morgan fingerprint density at radius 3 is 2.92 bits per heavy atom. The molecule has 4 rings (SSSR count). The quantitative estimate of drug-likeness (QED) is 0.734. The van der Waals surface area contributed by atoms with Crippen molar-refractivity contribution in [2.75, 3.05) is 16.8 Å². The minimum atomic E-state index is -0.440. The molecule has 2 aromatic heterocycles. The van der Waals surface area contributed by atoms with E-state index in [1.807, 2.05) is 38.1 Å². The van der Waals surface area contributed by atoms with Gasteiger partial charge in [0, 0.05) is 24.3 Å². The third-order valence-corrected chi connectivity index (χ3v) is 5.51. The van der Waals surface area contributed by atoms with Gasteiger partial charge in [-0.2, -0.15) is 5.10 Å². The number of rotatable bonds is 4. The second-order valence-corrected chi connectivity index (χ2v) is 7.60. The zero-order valence-corrected chi connectivity index (χ0v) is 15.2. The van der Waals surface area contributed by atoms with Crippen molar-refractivity contribution in [2.45, 2.75) is 26.2 Å². The number of para-hydroxylation sites is 1. The van der Waals surface area contributed by atoms with Gasteiger partial charge in [-0.3, -0.25) is 19.6 Å². The zero-order chi connectivity index (χ0) is 18.3. The molecule has 1 aliphatic heterocycles. The van der Waals surface area contributed by atoms with Gasteiger partial charge in [-0.1, -0.05) is 37.3 Å². The van der Waals surface area contributed by atoms with Crippen LogP contribution >= 0.6 is 11.3 Å². The average molecular weight is 370 g/mol. The topological polar surface area (TPSA) is 104 Å². The van der Waals surface area contributed by atoms with Crippen LogP contribution in [-0.4, -0.2) is 38.8 Å². The van der Waals surface area contributed by atoms with Crippen LogP contribution in [0, 0.1) is 5.92 Å². The molecule has 0 aliphatic carbocycles. The van der Waals surface area contributed by atoms with Crippen LogP contribution in [0.2, 0.25) is 0 Å². The Bertz CT molecular complexity index is 978. The lowest BCUT2D eigenvalue weighted by molar-refractivity contribution is -0.122. The first-order valence-corrected chi connectivity index (χ1v) is 9.22. The normalized spacial score (nSPS) is 17.4. The molecule has 1 aliphatic rings. The summed E-state index contributed by atoms with van der Waals surface area (Å²) in [6.07, 6.45) is 0.156. The Balaban J connectivity index is 1.49. The van der Waals surface area contributed by atoms with E-state index in [4.69, 9.17) is 0 Å². The fraction of sp³-hybridized carbons (Fsp3) is 0.353. The van der Waals surface area contributed by atoms with Gasteiger partial charge in [0.25, 0.3) is 0 Å². The van der Waals surface area contributed by atoms with E-state index in [1.54, 1.807) is 4.90 Å². The molecule has 0 bridgehead atoms. The second kappa shape index (κ2) is 6.49. The van der Waals surface area contributed by atoms with E-state index < -0.39 is 5.92 Å². The lowest BCUT2D eigenvalue weighted by atomic mass is 10.1. The molecule has 2 amide bonds. The van der Waals surface area contributed by atoms with Crippen LogP contribution in [0.25, 0.3) is 10.9 Å². The van der Waals surface area contributed by atoms with Crippen molar-refractivity contribution in [3.63, 3.8) is 0 Å². The van der Waals surface area contributed by atoms with Gasteiger partial charge in [0.05, 0.1) is 11.4 Å². The van der Waals surface area contributed by atoms with Gasteiger partial charge in [-0.25, -0.2) is 0 Å². The number of fused-ring (bicyclic) bond motifs is 1. The van der Waals surface area contributed by atoms with Gasteiger partial charge in [0.15, 0.2) is 5.82 Å². The molecule has 1 atom stereocenters. The number of hydrogen-bond acceptors (Lipinski definition) is 6. The average Bonchev–Trinajstić information content (AvgIpc) is 3.32. The van der Waals surface area contributed by atoms with E-state index >= 15 is 0 Å². The largest absolute Gasteiger partial charge is 0.300 e. The summed E-state index contributed by atoms with van der Waals surface area (Å²) in [6.45, 7) is 4.34. The van der Waals surface area contributed by atoms with Crippen LogP contribution in [-0.2, 0) is 9.59 Å². The Morgan fingerprint density at radius 1 is 1.35 bits per heavy atom. The van der Waals surface area contributed by atoms with Crippen molar-refractivity contribution >= 4 is 45.0 Å². The standard InChI is InChI=1S/C17H18N6O2S/c1-9(2)16-21-22-17(26-16)18-15(25)10-7-13(24)23(8-10)14-11-5-3-4-6-12(11)19-20-14/h3-6,9-10H,7-8H2,1-2H3,(H,19,20)(H,18,22,25)/t10-/m0/s1. The lowest BCUT2D eigenvalue weighted by Gasteiger charge is -2.13. The fourth-order valence-electron chi connectivity index (χ4n) is 2.97. The summed E-state index contributed by atoms with van der Waals surface area (Å²) < 4.78 is 0. The predicted molar refractivity (Wildman–Crippen MR) is 99.2 cm³/mol. The number of aromatic amines is 1. The monoisotopic (exact) mass is 370 g/mol. The molecule has 9 heteroatoms. The molecule has 0 saturated carbocycles. The first kappa shape index (κ1) is 16.6. The maximum absolute atomic E-state index is 12.5. The molecular weight excluding hydrogens is 352 g/mol. The van der Waals surface area contributed by atoms with Crippen LogP contribution in [0.1, 0.15) is 31.2 Å². The molecule has 1 saturated heterocycles. The van der Waals surface area contributed by atoms with Crippen LogP contribution in [0.5, 0.6) is 0 Å². The van der Waals surface area contributed by atoms with Gasteiger partial charge in [0.1, 0.15) is 5.01 Å². The third-order valence-electron chi connectivity index (χ3n) is 4.37. The van der Waals surface area contributed by atoms with Crippen LogP contribution < -0.4 is 10.2 Å². The van der Waals surface area contributed by atoms with E-state index in [1.165, 1.54) is 11.3 Å². The van der Waals surface area contributed by atoms with Gasteiger partial charge in [-0.05, 0) is 12.1 Å². The maximum Gasteiger partial charge on any atom is 0.231 e. The van der Waals surface area contributed by atoms with Gasteiger partial charge in [-0.15, -0.1) is 10.2 Å².